The molecule has 0 saturated carbocycles. The molecule has 5 aromatic rings. The standard InChI is InChI=1S/C36H30BrN3O8S/c1-4-46-29-14-13-23(18-30(29)47-5-2)32-26(35(42)45-3)19-38-36-39(32)34(41)31(49-36)17-21-15-27(37)33(28(16-21)40(43)44)48-20-24-11-8-10-22-9-6-7-12-25(22)24/h6-19,32H,4-5,20H2,1-3H3/b31-17+/t32-/m0/s1. The van der Waals surface area contributed by atoms with E-state index in [1.807, 2.05) is 56.3 Å². The second kappa shape index (κ2) is 14.5. The Kier molecular flexibility index (Phi) is 9.92. The van der Waals surface area contributed by atoms with Gasteiger partial charge in [-0.05, 0) is 81.5 Å². The second-order valence-corrected chi connectivity index (χ2v) is 12.6. The van der Waals surface area contributed by atoms with Crippen LogP contribution in [0.5, 0.6) is 17.2 Å². The van der Waals surface area contributed by atoms with Gasteiger partial charge in [0.15, 0.2) is 16.3 Å². The average Bonchev–Trinajstić information content (AvgIpc) is 3.42. The van der Waals surface area contributed by atoms with Crippen LogP contribution >= 0.6 is 27.3 Å². The van der Waals surface area contributed by atoms with Gasteiger partial charge in [-0.3, -0.25) is 19.5 Å². The molecule has 250 valence electrons. The Bertz CT molecular complexity index is 2310. The molecule has 4 aromatic carbocycles. The fourth-order valence-electron chi connectivity index (χ4n) is 5.67. The number of methoxy groups -OCH3 is 1. The molecule has 2 heterocycles. The first-order valence-electron chi connectivity index (χ1n) is 15.3. The zero-order chi connectivity index (χ0) is 34.7. The van der Waals surface area contributed by atoms with Crippen LogP contribution in [-0.2, 0) is 16.1 Å². The Balaban J connectivity index is 1.41. The summed E-state index contributed by atoms with van der Waals surface area (Å²) in [6.45, 7) is 4.61. The van der Waals surface area contributed by atoms with E-state index in [1.54, 1.807) is 30.3 Å². The number of hydrogen-bond donors (Lipinski definition) is 0. The summed E-state index contributed by atoms with van der Waals surface area (Å²) in [5.41, 5.74) is 1.30. The van der Waals surface area contributed by atoms with Crippen LogP contribution in [0, 0.1) is 10.1 Å². The maximum atomic E-state index is 14.1. The minimum atomic E-state index is -0.883. The van der Waals surface area contributed by atoms with Gasteiger partial charge >= 0.3 is 11.7 Å². The first-order chi connectivity index (χ1) is 23.7. The normalized spacial score (nSPS) is 14.1. The first kappa shape index (κ1) is 33.6. The molecule has 0 N–H and O–H groups in total. The highest BCUT2D eigenvalue weighted by molar-refractivity contribution is 9.10. The Labute approximate surface area is 292 Å². The SMILES string of the molecule is CCOc1ccc([C@H]2C(C(=O)OC)=CN=c3s/c(=C/c4cc(Br)c(OCc5cccc6ccccc56)c([N+](=O)[O-])c4)c(=O)n32)cc1OCC. The molecular weight excluding hydrogens is 714 g/mol. The van der Waals surface area contributed by atoms with Crippen LogP contribution in [0.4, 0.5) is 5.69 Å². The number of nitrogens with zero attached hydrogens (tertiary/aromatic N) is 3. The van der Waals surface area contributed by atoms with Crippen molar-refractivity contribution in [3.05, 3.63) is 136 Å². The van der Waals surface area contributed by atoms with E-state index in [-0.39, 0.29) is 28.1 Å². The number of benzene rings is 4. The van der Waals surface area contributed by atoms with Crippen LogP contribution in [0.25, 0.3) is 16.8 Å². The predicted molar refractivity (Wildman–Crippen MR) is 189 cm³/mol. The molecule has 0 unspecified atom stereocenters. The Morgan fingerprint density at radius 1 is 1.02 bits per heavy atom. The van der Waals surface area contributed by atoms with E-state index < -0.39 is 22.5 Å². The third-order valence-corrected chi connectivity index (χ3v) is 9.39. The lowest BCUT2D eigenvalue weighted by Crippen LogP contribution is -2.39. The number of halogens is 1. The van der Waals surface area contributed by atoms with E-state index in [0.717, 1.165) is 27.7 Å². The Morgan fingerprint density at radius 2 is 1.78 bits per heavy atom. The number of nitro groups is 1. The van der Waals surface area contributed by atoms with Crippen LogP contribution in [0.15, 0.2) is 98.8 Å². The van der Waals surface area contributed by atoms with Crippen molar-refractivity contribution in [2.75, 3.05) is 20.3 Å². The van der Waals surface area contributed by atoms with Crippen molar-refractivity contribution in [2.24, 2.45) is 4.99 Å². The molecule has 6 rings (SSSR count). The zero-order valence-electron chi connectivity index (χ0n) is 26.7. The highest BCUT2D eigenvalue weighted by Crippen LogP contribution is 2.38. The summed E-state index contributed by atoms with van der Waals surface area (Å²) in [4.78, 5) is 43.4. The summed E-state index contributed by atoms with van der Waals surface area (Å²) in [7, 11) is 1.26. The minimum Gasteiger partial charge on any atom is -0.490 e. The molecule has 1 aliphatic rings. The summed E-state index contributed by atoms with van der Waals surface area (Å²) in [5, 5.41) is 14.3. The van der Waals surface area contributed by atoms with Crippen molar-refractivity contribution in [1.29, 1.82) is 0 Å². The van der Waals surface area contributed by atoms with Crippen LogP contribution < -0.4 is 29.1 Å². The molecule has 0 amide bonds. The number of ether oxygens (including phenoxy) is 4. The van der Waals surface area contributed by atoms with Crippen molar-refractivity contribution in [3.8, 4) is 17.2 Å². The maximum absolute atomic E-state index is 14.1. The van der Waals surface area contributed by atoms with Crippen LogP contribution in [-0.4, -0.2) is 35.8 Å². The van der Waals surface area contributed by atoms with Crippen molar-refractivity contribution in [1.82, 2.24) is 4.57 Å². The van der Waals surface area contributed by atoms with Gasteiger partial charge in [-0.25, -0.2) is 9.79 Å². The summed E-state index contributed by atoms with van der Waals surface area (Å²) in [6, 6.07) is 21.0. The van der Waals surface area contributed by atoms with Crippen LogP contribution in [0.3, 0.4) is 0 Å². The van der Waals surface area contributed by atoms with Gasteiger partial charge < -0.3 is 18.9 Å². The number of aromatic nitrogens is 1. The van der Waals surface area contributed by atoms with Gasteiger partial charge in [0.05, 0.1) is 45.9 Å². The molecular formula is C36H30BrN3O8S. The Morgan fingerprint density at radius 3 is 2.53 bits per heavy atom. The van der Waals surface area contributed by atoms with Crippen molar-refractivity contribution in [2.45, 2.75) is 26.5 Å². The molecule has 1 atom stereocenters. The first-order valence-corrected chi connectivity index (χ1v) is 16.9. The highest BCUT2D eigenvalue weighted by atomic mass is 79.9. The van der Waals surface area contributed by atoms with E-state index in [9.17, 15) is 19.7 Å². The highest BCUT2D eigenvalue weighted by Gasteiger charge is 2.31. The zero-order valence-corrected chi connectivity index (χ0v) is 29.1. The van der Waals surface area contributed by atoms with E-state index in [0.29, 0.717) is 45.1 Å². The fraction of sp³-hybridized carbons (Fsp3) is 0.194. The lowest BCUT2D eigenvalue weighted by Gasteiger charge is -2.23. The van der Waals surface area contributed by atoms with Gasteiger partial charge in [0.1, 0.15) is 6.61 Å². The summed E-state index contributed by atoms with van der Waals surface area (Å²) in [6.07, 6.45) is 2.95. The van der Waals surface area contributed by atoms with E-state index in [4.69, 9.17) is 18.9 Å². The molecule has 0 fully saturated rings. The summed E-state index contributed by atoms with van der Waals surface area (Å²) < 4.78 is 24.6. The quantitative estimate of drug-likeness (QED) is 0.0886. The smallest absolute Gasteiger partial charge is 0.337 e. The monoisotopic (exact) mass is 743 g/mol. The summed E-state index contributed by atoms with van der Waals surface area (Å²) >= 11 is 4.55. The van der Waals surface area contributed by atoms with Crippen molar-refractivity contribution < 1.29 is 28.7 Å². The molecule has 0 spiro atoms. The maximum Gasteiger partial charge on any atom is 0.337 e. The Hall–Kier alpha value is -5.27. The van der Waals surface area contributed by atoms with Gasteiger partial charge in [-0.15, -0.1) is 0 Å². The van der Waals surface area contributed by atoms with Gasteiger partial charge in [0, 0.05) is 12.3 Å². The molecule has 1 aliphatic heterocycles. The van der Waals surface area contributed by atoms with Crippen molar-refractivity contribution in [3.63, 3.8) is 0 Å². The number of thiazole rings is 1. The number of carbonyl (C=O) groups excluding carboxylic acids is 1. The number of fused-ring (bicyclic) bond motifs is 2. The number of hydrogen-bond acceptors (Lipinski definition) is 10. The van der Waals surface area contributed by atoms with Gasteiger partial charge in [0.25, 0.3) is 5.56 Å². The van der Waals surface area contributed by atoms with Gasteiger partial charge in [-0.1, -0.05) is 59.9 Å². The van der Waals surface area contributed by atoms with E-state index in [1.165, 1.54) is 23.9 Å². The lowest BCUT2D eigenvalue weighted by atomic mass is 9.97. The number of nitro benzene ring substituents is 1. The molecule has 0 aliphatic carbocycles. The third-order valence-electron chi connectivity index (χ3n) is 7.80. The molecule has 0 radical (unpaired) electrons. The molecule has 0 bridgehead atoms. The van der Waals surface area contributed by atoms with Crippen LogP contribution in [0.2, 0.25) is 0 Å². The average molecular weight is 745 g/mol. The minimum absolute atomic E-state index is 0.0693. The molecule has 0 saturated heterocycles. The summed E-state index contributed by atoms with van der Waals surface area (Å²) in [5.74, 6) is 0.416. The van der Waals surface area contributed by atoms with Crippen LogP contribution in [0.1, 0.15) is 36.6 Å². The topological polar surface area (TPSA) is 131 Å². The molecule has 1 aromatic heterocycles. The third kappa shape index (κ3) is 6.72. The lowest BCUT2D eigenvalue weighted by molar-refractivity contribution is -0.386. The fourth-order valence-corrected chi connectivity index (χ4v) is 7.22. The largest absolute Gasteiger partial charge is 0.490 e. The number of rotatable bonds is 11. The van der Waals surface area contributed by atoms with E-state index in [2.05, 4.69) is 20.9 Å². The molecule has 49 heavy (non-hydrogen) atoms. The number of esters is 1. The van der Waals surface area contributed by atoms with Gasteiger partial charge in [0.2, 0.25) is 5.75 Å². The second-order valence-electron chi connectivity index (χ2n) is 10.8. The van der Waals surface area contributed by atoms with Crippen molar-refractivity contribution >= 4 is 55.8 Å². The van der Waals surface area contributed by atoms with E-state index >= 15 is 0 Å². The van der Waals surface area contributed by atoms with Gasteiger partial charge in [-0.2, -0.15) is 0 Å². The number of carbonyl (C=O) groups is 1. The predicted octanol–water partition coefficient (Wildman–Crippen LogP) is 6.22. The molecule has 13 heteroatoms. The molecule has 11 nitrogen and oxygen atoms in total.